The molecule has 1 aliphatic heterocycles. The Morgan fingerprint density at radius 3 is 2.41 bits per heavy atom. The van der Waals surface area contributed by atoms with E-state index in [-0.39, 0.29) is 65.5 Å². The second-order valence-electron chi connectivity index (χ2n) is 15.6. The quantitative estimate of drug-likeness (QED) is 0.0419. The third-order valence-corrected chi connectivity index (χ3v) is 16.0. The number of aliphatic hydroxyl groups excluding tert-OH is 2. The van der Waals surface area contributed by atoms with E-state index in [4.69, 9.17) is 14.2 Å². The predicted octanol–water partition coefficient (Wildman–Crippen LogP) is 2.51. The van der Waals surface area contributed by atoms with Gasteiger partial charge in [-0.1, -0.05) is 33.7 Å². The molecule has 1 saturated heterocycles. The van der Waals surface area contributed by atoms with E-state index in [0.717, 1.165) is 0 Å². The number of carbonyl (C=O) groups is 5. The zero-order chi connectivity index (χ0) is 43.6. The molecular formula is C39H51N2O15PS2. The zero-order valence-electron chi connectivity index (χ0n) is 33.3. The molecule has 3 aliphatic rings. The Labute approximate surface area is 348 Å². The molecule has 0 aromatic heterocycles. The Morgan fingerprint density at radius 2 is 1.75 bits per heavy atom. The first-order chi connectivity index (χ1) is 27.7. The summed E-state index contributed by atoms with van der Waals surface area (Å²) in [5.74, 6) is -4.46. The number of hydrogen-bond acceptors (Lipinski definition) is 16. The maximum Gasteiger partial charge on any atom is 0.221 e. The van der Waals surface area contributed by atoms with Gasteiger partial charge in [-0.15, -0.1) is 0 Å². The number of Topliss-reactive ketones (excluding diaryl/α,β-unsaturated/α-hetero) is 1. The maximum absolute atomic E-state index is 13.9. The van der Waals surface area contributed by atoms with E-state index in [2.05, 4.69) is 10.6 Å². The van der Waals surface area contributed by atoms with Crippen molar-refractivity contribution in [2.45, 2.75) is 100 Å². The minimum absolute atomic E-state index is 0.0358. The van der Waals surface area contributed by atoms with Gasteiger partial charge in [0.2, 0.25) is 25.0 Å². The van der Waals surface area contributed by atoms with Gasteiger partial charge in [0, 0.05) is 78.7 Å². The van der Waals surface area contributed by atoms with Crippen LogP contribution in [-0.2, 0) is 34.8 Å². The van der Waals surface area contributed by atoms with Gasteiger partial charge in [0.1, 0.15) is 35.6 Å². The van der Waals surface area contributed by atoms with Crippen molar-refractivity contribution in [2.24, 2.45) is 0 Å². The summed E-state index contributed by atoms with van der Waals surface area (Å²) in [6.07, 6.45) is -5.84. The highest BCUT2D eigenvalue weighted by molar-refractivity contribution is 8.77. The average molecular weight is 883 g/mol. The summed E-state index contributed by atoms with van der Waals surface area (Å²) in [5, 5.41) is 60.9. The first-order valence-electron chi connectivity index (χ1n) is 19.0. The molecule has 2 aromatic carbocycles. The molecule has 2 unspecified atom stereocenters. The molecule has 20 heteroatoms. The lowest BCUT2D eigenvalue weighted by Gasteiger charge is -2.43. The van der Waals surface area contributed by atoms with Crippen molar-refractivity contribution >= 4 is 58.1 Å². The van der Waals surface area contributed by atoms with Gasteiger partial charge in [0.15, 0.2) is 17.9 Å². The molecule has 0 radical (unpaired) electrons. The molecule has 7 atom stereocenters. The third-order valence-electron chi connectivity index (χ3n) is 10.8. The van der Waals surface area contributed by atoms with Crippen LogP contribution in [-0.4, -0.2) is 133 Å². The summed E-state index contributed by atoms with van der Waals surface area (Å²) in [6, 6.07) is 3.39. The monoisotopic (exact) mass is 882 g/mol. The lowest BCUT2D eigenvalue weighted by atomic mass is 9.72. The second kappa shape index (κ2) is 18.6. The van der Waals surface area contributed by atoms with E-state index in [1.54, 1.807) is 0 Å². The largest absolute Gasteiger partial charge is 0.507 e. The van der Waals surface area contributed by atoms with E-state index in [0.29, 0.717) is 12.2 Å². The molecule has 0 spiro atoms. The number of rotatable bonds is 17. The number of ether oxygens (including phenoxy) is 3. The van der Waals surface area contributed by atoms with E-state index >= 15 is 0 Å². The highest BCUT2D eigenvalue weighted by atomic mass is 33.1. The number of carbonyl (C=O) groups excluding carboxylic acids is 5. The lowest BCUT2D eigenvalue weighted by Crippen LogP contribution is -2.56. The number of aromatic hydroxyl groups is 2. The van der Waals surface area contributed by atoms with Crippen molar-refractivity contribution in [2.75, 3.05) is 38.8 Å². The van der Waals surface area contributed by atoms with Crippen molar-refractivity contribution in [3.63, 3.8) is 0 Å². The Bertz CT molecular complexity index is 2050. The number of hydrogen-bond donors (Lipinski definition) is 8. The van der Waals surface area contributed by atoms with Gasteiger partial charge in [-0.2, -0.15) is 0 Å². The summed E-state index contributed by atoms with van der Waals surface area (Å²) < 4.78 is 29.6. The summed E-state index contributed by atoms with van der Waals surface area (Å²) in [5.41, 5.74) is -4.10. The van der Waals surface area contributed by atoms with Crippen LogP contribution in [0.25, 0.3) is 0 Å². The molecule has 0 saturated carbocycles. The van der Waals surface area contributed by atoms with E-state index in [1.165, 1.54) is 60.9 Å². The summed E-state index contributed by atoms with van der Waals surface area (Å²) in [6.45, 7) is 4.28. The number of benzene rings is 2. The van der Waals surface area contributed by atoms with Crippen LogP contribution in [0, 0.1) is 0 Å². The zero-order valence-corrected chi connectivity index (χ0v) is 35.8. The molecule has 2 aromatic rings. The molecule has 17 nitrogen and oxygen atoms in total. The number of phenolic OH excluding ortho intramolecular Hbond substituents is 2. The molecule has 2 amide bonds. The first kappa shape index (κ1) is 46.5. The van der Waals surface area contributed by atoms with E-state index < -0.39 is 114 Å². The first-order valence-corrected chi connectivity index (χ1v) is 23.4. The van der Waals surface area contributed by atoms with Crippen LogP contribution in [0.4, 0.5) is 0 Å². The fraction of sp³-hybridized carbons (Fsp3) is 0.564. The molecule has 0 bridgehead atoms. The average Bonchev–Trinajstić information content (AvgIpc) is 3.19. The van der Waals surface area contributed by atoms with Gasteiger partial charge < -0.3 is 55.3 Å². The maximum atomic E-state index is 13.9. The van der Waals surface area contributed by atoms with Gasteiger partial charge in [-0.25, -0.2) is 0 Å². The standard InChI is InChI=1S/C39H51N2O15PS2/c1-19-33(46)22(41-27(45)10-14-58-59-38(2,3)11-13-57(52,53)12-9-26(44)40-4)15-28(55-19)56-24-17-39(51,25(43)18-42)16-21-30(24)37(50)32-31(35(21)48)34(47)20-7-6-8-23(54-5)29(20)36(32)49/h6-8,19,22,24,28,33,42,46,48,50-51H,9-18H2,1-5H3,(H,40,44)(H,41,45)(H,52,53)/t19-,22-,24-,28?,33+,39-/m0/s1. The van der Waals surface area contributed by atoms with Crippen molar-refractivity contribution in [1.82, 2.24) is 10.6 Å². The van der Waals surface area contributed by atoms with Crippen LogP contribution in [0.3, 0.4) is 0 Å². The molecule has 2 aliphatic carbocycles. The van der Waals surface area contributed by atoms with Crippen LogP contribution in [0.5, 0.6) is 17.2 Å². The van der Waals surface area contributed by atoms with Gasteiger partial charge in [-0.3, -0.25) is 28.5 Å². The highest BCUT2D eigenvalue weighted by Gasteiger charge is 2.50. The Morgan fingerprint density at radius 1 is 1.05 bits per heavy atom. The molecule has 59 heavy (non-hydrogen) atoms. The van der Waals surface area contributed by atoms with E-state index in [9.17, 15) is 59.0 Å². The van der Waals surface area contributed by atoms with Crippen LogP contribution >= 0.6 is 29.0 Å². The number of nitrogens with one attached hydrogen (secondary N) is 2. The molecule has 1 heterocycles. The van der Waals surface area contributed by atoms with Crippen LogP contribution in [0.2, 0.25) is 0 Å². The second-order valence-corrected chi connectivity index (χ2v) is 21.3. The molecule has 8 N–H and O–H groups in total. The van der Waals surface area contributed by atoms with Crippen molar-refractivity contribution in [1.29, 1.82) is 0 Å². The Kier molecular flexibility index (Phi) is 14.7. The van der Waals surface area contributed by atoms with Crippen molar-refractivity contribution < 1.29 is 73.2 Å². The van der Waals surface area contributed by atoms with Gasteiger partial charge in [0.25, 0.3) is 0 Å². The molecule has 1 fully saturated rings. The van der Waals surface area contributed by atoms with Crippen molar-refractivity contribution in [3.05, 3.63) is 51.6 Å². The number of ketones is 3. The summed E-state index contributed by atoms with van der Waals surface area (Å²) in [7, 11) is 2.12. The summed E-state index contributed by atoms with van der Waals surface area (Å²) in [4.78, 5) is 75.5. The van der Waals surface area contributed by atoms with Crippen LogP contribution in [0.1, 0.15) is 102 Å². The SMILES string of the molecule is CNC(=O)CCP(=O)(O)CCC(C)(C)SSCCC(=O)N[C@H]1CC(O[C@H]2C[C@](O)(C(=O)CO)Cc3c(O)c4c(c(O)c32)C(=O)c2c(OC)cccc2C4=O)O[C@@H](C)[C@H]1O. The molecule has 324 valence electrons. The van der Waals surface area contributed by atoms with Gasteiger partial charge >= 0.3 is 0 Å². The molecular weight excluding hydrogens is 832 g/mol. The fourth-order valence-electron chi connectivity index (χ4n) is 7.47. The highest BCUT2D eigenvalue weighted by Crippen LogP contribution is 2.53. The van der Waals surface area contributed by atoms with Gasteiger partial charge in [0.05, 0.1) is 42.0 Å². The number of amides is 2. The normalized spacial score (nSPS) is 24.9. The van der Waals surface area contributed by atoms with E-state index in [1.807, 2.05) is 13.8 Å². The van der Waals surface area contributed by atoms with Gasteiger partial charge in [-0.05, 0) is 33.3 Å². The minimum Gasteiger partial charge on any atom is -0.507 e. The third kappa shape index (κ3) is 10.2. The van der Waals surface area contributed by atoms with Crippen molar-refractivity contribution in [3.8, 4) is 17.2 Å². The Balaban J connectivity index is 1.30. The van der Waals surface area contributed by atoms with Crippen LogP contribution in [0.15, 0.2) is 18.2 Å². The number of methoxy groups -OCH3 is 1. The fourth-order valence-corrected chi connectivity index (χ4v) is 11.9. The number of fused-ring (bicyclic) bond motifs is 3. The minimum atomic E-state index is -3.50. The number of phenols is 2. The van der Waals surface area contributed by atoms with Crippen LogP contribution < -0.4 is 15.4 Å². The topological polar surface area (TPSA) is 276 Å². The predicted molar refractivity (Wildman–Crippen MR) is 217 cm³/mol. The molecule has 5 rings (SSSR count). The number of aliphatic hydroxyl groups is 3. The summed E-state index contributed by atoms with van der Waals surface area (Å²) >= 11 is 0. The smallest absolute Gasteiger partial charge is 0.221 e. The lowest BCUT2D eigenvalue weighted by molar-refractivity contribution is -0.249. The Hall–Kier alpha value is -3.52.